The van der Waals surface area contributed by atoms with Gasteiger partial charge >= 0.3 is 0 Å². The summed E-state index contributed by atoms with van der Waals surface area (Å²) in [7, 11) is 0. The van der Waals surface area contributed by atoms with Crippen LogP contribution in [-0.4, -0.2) is 61.2 Å². The lowest BCUT2D eigenvalue weighted by atomic mass is 10.4. The lowest BCUT2D eigenvalue weighted by Gasteiger charge is -2.29. The zero-order valence-electron chi connectivity index (χ0n) is 11.2. The van der Waals surface area contributed by atoms with Crippen LogP contribution in [0, 0.1) is 0 Å². The highest BCUT2D eigenvalue weighted by Crippen LogP contribution is 2.06. The molecule has 0 spiro atoms. The fourth-order valence-corrected chi connectivity index (χ4v) is 1.63. The normalized spacial score (nSPS) is 19.1. The van der Waals surface area contributed by atoms with Crippen LogP contribution in [0.5, 0.6) is 0 Å². The number of nitrogens with zero attached hydrogens (tertiary/aromatic N) is 2. The zero-order chi connectivity index (χ0) is 14.1. The number of amides is 2. The minimum atomic E-state index is -0.221. The van der Waals surface area contributed by atoms with Crippen molar-refractivity contribution < 1.29 is 19.1 Å². The highest BCUT2D eigenvalue weighted by molar-refractivity contribution is 6.12. The van der Waals surface area contributed by atoms with E-state index in [0.717, 1.165) is 19.7 Å². The molecule has 0 aliphatic carbocycles. The molecule has 1 saturated heterocycles. The van der Waals surface area contributed by atoms with E-state index in [4.69, 9.17) is 4.74 Å². The fourth-order valence-electron chi connectivity index (χ4n) is 1.63. The summed E-state index contributed by atoms with van der Waals surface area (Å²) in [6.45, 7) is 9.25. The third-order valence-electron chi connectivity index (χ3n) is 2.63. The molecular weight excluding hydrogens is 248 g/mol. The number of rotatable bonds is 4. The van der Waals surface area contributed by atoms with Gasteiger partial charge < -0.3 is 9.47 Å². The molecule has 2 heterocycles. The second-order valence-corrected chi connectivity index (χ2v) is 3.93. The van der Waals surface area contributed by atoms with Crippen LogP contribution >= 0.6 is 0 Å². The van der Waals surface area contributed by atoms with Gasteiger partial charge in [-0.1, -0.05) is 6.58 Å². The van der Waals surface area contributed by atoms with Crippen molar-refractivity contribution in [1.82, 2.24) is 9.80 Å². The number of imide groups is 1. The van der Waals surface area contributed by atoms with Crippen molar-refractivity contribution in [2.75, 3.05) is 39.6 Å². The van der Waals surface area contributed by atoms with Crippen LogP contribution in [0.4, 0.5) is 0 Å². The molecule has 0 aromatic rings. The van der Waals surface area contributed by atoms with E-state index in [9.17, 15) is 9.59 Å². The average Bonchev–Trinajstić information content (AvgIpc) is 2.74. The quantitative estimate of drug-likeness (QED) is 0.544. The minimum absolute atomic E-state index is 0.221. The molecule has 2 rings (SSSR count). The van der Waals surface area contributed by atoms with Crippen LogP contribution < -0.4 is 0 Å². The average molecular weight is 268 g/mol. The number of hydrogen-bond acceptors (Lipinski definition) is 5. The maximum absolute atomic E-state index is 11.2. The molecule has 0 aromatic heterocycles. The van der Waals surface area contributed by atoms with Crippen LogP contribution in [-0.2, 0) is 19.1 Å². The summed E-state index contributed by atoms with van der Waals surface area (Å²) in [5.74, 6) is -0.442. The van der Waals surface area contributed by atoms with Gasteiger partial charge in [-0.05, 0) is 6.92 Å². The molecular formula is C13H20N2O4. The van der Waals surface area contributed by atoms with E-state index in [-0.39, 0.29) is 11.8 Å². The molecule has 0 radical (unpaired) electrons. The molecule has 19 heavy (non-hydrogen) atoms. The summed E-state index contributed by atoms with van der Waals surface area (Å²) in [6.07, 6.45) is 4.05. The highest BCUT2D eigenvalue weighted by atomic mass is 16.5. The van der Waals surface area contributed by atoms with E-state index in [1.165, 1.54) is 23.3 Å². The van der Waals surface area contributed by atoms with Crippen molar-refractivity contribution in [3.8, 4) is 0 Å². The first kappa shape index (κ1) is 15.4. The van der Waals surface area contributed by atoms with E-state index < -0.39 is 0 Å². The topological polar surface area (TPSA) is 59.1 Å². The standard InChI is InChI=1S/C9H12N2O3.C4H8O/c12-8-1-2-9(13)11(8)7-10-3-5-14-6-4-10;1-3-5-4-2/h1-2H,3-7H2;3H,1,4H2,2H3. The molecule has 0 N–H and O–H groups in total. The minimum Gasteiger partial charge on any atom is -0.502 e. The van der Waals surface area contributed by atoms with E-state index in [1.54, 1.807) is 0 Å². The van der Waals surface area contributed by atoms with Crippen molar-refractivity contribution >= 4 is 11.8 Å². The molecule has 6 nitrogen and oxygen atoms in total. The van der Waals surface area contributed by atoms with E-state index in [1.807, 2.05) is 11.8 Å². The van der Waals surface area contributed by atoms with E-state index in [2.05, 4.69) is 11.3 Å². The summed E-state index contributed by atoms with van der Waals surface area (Å²) >= 11 is 0. The van der Waals surface area contributed by atoms with Gasteiger partial charge in [0.05, 0.1) is 32.8 Å². The van der Waals surface area contributed by atoms with Crippen molar-refractivity contribution in [2.45, 2.75) is 6.92 Å². The van der Waals surface area contributed by atoms with Gasteiger partial charge in [0.1, 0.15) is 0 Å². The molecule has 0 unspecified atom stereocenters. The van der Waals surface area contributed by atoms with Crippen LogP contribution in [0.25, 0.3) is 0 Å². The van der Waals surface area contributed by atoms with E-state index >= 15 is 0 Å². The Kier molecular flexibility index (Phi) is 6.84. The van der Waals surface area contributed by atoms with Gasteiger partial charge in [0.15, 0.2) is 0 Å². The zero-order valence-corrected chi connectivity index (χ0v) is 11.2. The van der Waals surface area contributed by atoms with Crippen molar-refractivity contribution in [1.29, 1.82) is 0 Å². The molecule has 1 fully saturated rings. The maximum atomic E-state index is 11.2. The highest BCUT2D eigenvalue weighted by Gasteiger charge is 2.25. The first-order valence-corrected chi connectivity index (χ1v) is 6.25. The molecule has 6 heteroatoms. The lowest BCUT2D eigenvalue weighted by molar-refractivity contribution is -0.140. The van der Waals surface area contributed by atoms with Crippen LogP contribution in [0.1, 0.15) is 6.92 Å². The molecule has 0 bridgehead atoms. The second-order valence-electron chi connectivity index (χ2n) is 3.93. The van der Waals surface area contributed by atoms with Crippen LogP contribution in [0.3, 0.4) is 0 Å². The van der Waals surface area contributed by atoms with Gasteiger partial charge in [-0.3, -0.25) is 19.4 Å². The van der Waals surface area contributed by atoms with Gasteiger partial charge in [-0.15, -0.1) is 0 Å². The Balaban J connectivity index is 0.000000312. The third kappa shape index (κ3) is 5.23. The predicted molar refractivity (Wildman–Crippen MR) is 70.1 cm³/mol. The van der Waals surface area contributed by atoms with Crippen LogP contribution in [0.2, 0.25) is 0 Å². The Morgan fingerprint density at radius 3 is 2.32 bits per heavy atom. The summed E-state index contributed by atoms with van der Waals surface area (Å²) < 4.78 is 9.77. The Morgan fingerprint density at radius 2 is 1.89 bits per heavy atom. The molecule has 2 aliphatic heterocycles. The first-order chi connectivity index (χ1) is 9.19. The number of morpholine rings is 1. The number of carbonyl (C=O) groups excluding carboxylic acids is 2. The number of hydrogen-bond donors (Lipinski definition) is 0. The largest absolute Gasteiger partial charge is 0.502 e. The molecule has 106 valence electrons. The Labute approximate surface area is 113 Å². The fraction of sp³-hybridized carbons (Fsp3) is 0.538. The van der Waals surface area contributed by atoms with Gasteiger partial charge in [-0.25, -0.2) is 0 Å². The summed E-state index contributed by atoms with van der Waals surface area (Å²) in [6, 6.07) is 0. The summed E-state index contributed by atoms with van der Waals surface area (Å²) in [4.78, 5) is 25.7. The van der Waals surface area contributed by atoms with Gasteiger partial charge in [0, 0.05) is 25.2 Å². The second kappa shape index (κ2) is 8.44. The predicted octanol–water partition coefficient (Wildman–Crippen LogP) is 0.367. The first-order valence-electron chi connectivity index (χ1n) is 6.25. The van der Waals surface area contributed by atoms with Crippen molar-refractivity contribution in [2.24, 2.45) is 0 Å². The number of carbonyl (C=O) groups is 2. The summed E-state index contributed by atoms with van der Waals surface area (Å²) in [5, 5.41) is 0. The SMILES string of the molecule is C=COCC.O=C1C=CC(=O)N1CN1CCOCC1. The van der Waals surface area contributed by atoms with Gasteiger partial charge in [0.2, 0.25) is 0 Å². The van der Waals surface area contributed by atoms with Crippen LogP contribution in [0.15, 0.2) is 25.0 Å². The smallest absolute Gasteiger partial charge is 0.254 e. The van der Waals surface area contributed by atoms with E-state index in [0.29, 0.717) is 19.9 Å². The molecule has 0 atom stereocenters. The molecule has 2 amide bonds. The Bertz CT molecular complexity index is 331. The van der Waals surface area contributed by atoms with Gasteiger partial charge in [0.25, 0.3) is 11.8 Å². The monoisotopic (exact) mass is 268 g/mol. The maximum Gasteiger partial charge on any atom is 0.254 e. The summed E-state index contributed by atoms with van der Waals surface area (Å²) in [5.41, 5.74) is 0. The number of ether oxygens (including phenoxy) is 2. The molecule has 0 saturated carbocycles. The molecule has 0 aromatic carbocycles. The Morgan fingerprint density at radius 1 is 1.32 bits per heavy atom. The Hall–Kier alpha value is -1.66. The van der Waals surface area contributed by atoms with Gasteiger partial charge in [-0.2, -0.15) is 0 Å². The van der Waals surface area contributed by atoms with Crippen molar-refractivity contribution in [3.05, 3.63) is 25.0 Å². The van der Waals surface area contributed by atoms with Crippen molar-refractivity contribution in [3.63, 3.8) is 0 Å². The molecule has 2 aliphatic rings. The lowest BCUT2D eigenvalue weighted by Crippen LogP contribution is -2.46. The third-order valence-corrected chi connectivity index (χ3v) is 2.63.